The Hall–Kier alpha value is -1.58. The van der Waals surface area contributed by atoms with Crippen LogP contribution in [0.25, 0.3) is 0 Å². The van der Waals surface area contributed by atoms with E-state index in [1.54, 1.807) is 24.3 Å². The van der Waals surface area contributed by atoms with E-state index in [4.69, 9.17) is 5.26 Å². The first kappa shape index (κ1) is 10.9. The number of benzene rings is 1. The number of hydrogen-bond donors (Lipinski definition) is 1. The third-order valence-electron chi connectivity index (χ3n) is 2.41. The molecule has 0 bridgehead atoms. The zero-order chi connectivity index (χ0) is 11.6. The number of anilines is 1. The van der Waals surface area contributed by atoms with Crippen LogP contribution in [-0.4, -0.2) is 21.5 Å². The van der Waals surface area contributed by atoms with Crippen LogP contribution in [0.2, 0.25) is 0 Å². The van der Waals surface area contributed by atoms with Gasteiger partial charge in [-0.25, -0.2) is 0 Å². The molecule has 0 aliphatic carbocycles. The van der Waals surface area contributed by atoms with Gasteiger partial charge in [0.05, 0.1) is 11.3 Å². The van der Waals surface area contributed by atoms with E-state index in [0.717, 1.165) is 6.42 Å². The summed E-state index contributed by atoms with van der Waals surface area (Å²) in [6, 6.07) is 8.69. The van der Waals surface area contributed by atoms with Gasteiger partial charge in [-0.15, -0.1) is 0 Å². The molecule has 1 saturated heterocycles. The van der Waals surface area contributed by atoms with Crippen LogP contribution in [0.5, 0.6) is 0 Å². The topological polar surface area (TPSA) is 73.2 Å². The molecule has 1 aromatic carbocycles. The normalized spacial score (nSPS) is 19.1. The Kier molecular flexibility index (Phi) is 2.81. The fourth-order valence-electron chi connectivity index (χ4n) is 1.66. The molecular formula is C10H11N3O2S. The summed E-state index contributed by atoms with van der Waals surface area (Å²) < 4.78 is 27.2. The Morgan fingerprint density at radius 2 is 2.12 bits per heavy atom. The molecule has 0 atom stereocenters. The van der Waals surface area contributed by atoms with Gasteiger partial charge in [-0.05, 0) is 18.6 Å². The van der Waals surface area contributed by atoms with Crippen molar-refractivity contribution in [2.24, 2.45) is 0 Å². The Labute approximate surface area is 94.5 Å². The predicted molar refractivity (Wildman–Crippen MR) is 60.0 cm³/mol. The third kappa shape index (κ3) is 1.87. The molecule has 1 aliphatic heterocycles. The SMILES string of the molecule is N#Cc1ccccc1N1CCCNS1(=O)=O. The minimum Gasteiger partial charge on any atom is -0.256 e. The number of rotatable bonds is 1. The molecule has 0 spiro atoms. The molecule has 84 valence electrons. The maximum absolute atomic E-state index is 11.8. The summed E-state index contributed by atoms with van der Waals surface area (Å²) in [5, 5.41) is 8.93. The van der Waals surface area contributed by atoms with E-state index in [2.05, 4.69) is 4.72 Å². The molecule has 0 unspecified atom stereocenters. The van der Waals surface area contributed by atoms with Crippen LogP contribution in [0, 0.1) is 11.3 Å². The monoisotopic (exact) mass is 237 g/mol. The quantitative estimate of drug-likeness (QED) is 0.777. The van der Waals surface area contributed by atoms with Crippen LogP contribution in [-0.2, 0) is 10.2 Å². The standard InChI is InChI=1S/C10H11N3O2S/c11-8-9-4-1-2-5-10(9)13-7-3-6-12-16(13,14)15/h1-2,4-5,12H,3,6-7H2. The first-order valence-corrected chi connectivity index (χ1v) is 6.35. The second-order valence-corrected chi connectivity index (χ2v) is 5.13. The highest BCUT2D eigenvalue weighted by molar-refractivity contribution is 7.90. The minimum atomic E-state index is -3.48. The van der Waals surface area contributed by atoms with Crippen molar-refractivity contribution in [1.29, 1.82) is 5.26 Å². The van der Waals surface area contributed by atoms with Gasteiger partial charge < -0.3 is 0 Å². The second-order valence-electron chi connectivity index (χ2n) is 3.45. The minimum absolute atomic E-state index is 0.370. The fraction of sp³-hybridized carbons (Fsp3) is 0.300. The highest BCUT2D eigenvalue weighted by Gasteiger charge is 2.26. The lowest BCUT2D eigenvalue weighted by Crippen LogP contribution is -2.47. The van der Waals surface area contributed by atoms with Crippen molar-refractivity contribution in [3.8, 4) is 6.07 Å². The molecule has 1 fully saturated rings. The molecule has 0 amide bonds. The van der Waals surface area contributed by atoms with Gasteiger partial charge in [0.2, 0.25) is 0 Å². The number of nitrogens with zero attached hydrogens (tertiary/aromatic N) is 2. The van der Waals surface area contributed by atoms with Gasteiger partial charge in [-0.2, -0.15) is 18.4 Å². The average molecular weight is 237 g/mol. The van der Waals surface area contributed by atoms with E-state index in [0.29, 0.717) is 24.3 Å². The third-order valence-corrected chi connectivity index (χ3v) is 3.93. The van der Waals surface area contributed by atoms with E-state index in [9.17, 15) is 8.42 Å². The second kappa shape index (κ2) is 4.12. The van der Waals surface area contributed by atoms with E-state index in [-0.39, 0.29) is 0 Å². The van der Waals surface area contributed by atoms with Crippen molar-refractivity contribution in [1.82, 2.24) is 4.72 Å². The number of para-hydroxylation sites is 1. The first-order valence-electron chi connectivity index (χ1n) is 4.91. The van der Waals surface area contributed by atoms with E-state index in [1.807, 2.05) is 6.07 Å². The van der Waals surface area contributed by atoms with Crippen LogP contribution in [0.15, 0.2) is 24.3 Å². The lowest BCUT2D eigenvalue weighted by molar-refractivity contribution is 0.560. The van der Waals surface area contributed by atoms with E-state index < -0.39 is 10.2 Å². The Bertz CT molecular complexity index is 533. The number of hydrogen-bond acceptors (Lipinski definition) is 3. The lowest BCUT2D eigenvalue weighted by atomic mass is 10.2. The van der Waals surface area contributed by atoms with Crippen LogP contribution in [0.1, 0.15) is 12.0 Å². The van der Waals surface area contributed by atoms with Crippen molar-refractivity contribution < 1.29 is 8.42 Å². The molecule has 0 radical (unpaired) electrons. The largest absolute Gasteiger partial charge is 0.301 e. The summed E-state index contributed by atoms with van der Waals surface area (Å²) in [7, 11) is -3.48. The molecule has 6 heteroatoms. The van der Waals surface area contributed by atoms with Gasteiger partial charge in [-0.3, -0.25) is 4.31 Å². The summed E-state index contributed by atoms with van der Waals surface area (Å²) in [5.41, 5.74) is 0.812. The highest BCUT2D eigenvalue weighted by atomic mass is 32.2. The summed E-state index contributed by atoms with van der Waals surface area (Å²) >= 11 is 0. The van der Waals surface area contributed by atoms with Crippen molar-refractivity contribution in [3.63, 3.8) is 0 Å². The zero-order valence-electron chi connectivity index (χ0n) is 8.55. The molecule has 1 aromatic rings. The molecule has 5 nitrogen and oxygen atoms in total. The average Bonchev–Trinajstić information content (AvgIpc) is 2.28. The van der Waals surface area contributed by atoms with Crippen molar-refractivity contribution >= 4 is 15.9 Å². The van der Waals surface area contributed by atoms with Crippen LogP contribution in [0.4, 0.5) is 5.69 Å². The van der Waals surface area contributed by atoms with Gasteiger partial charge >= 0.3 is 10.2 Å². The first-order chi connectivity index (χ1) is 7.65. The van der Waals surface area contributed by atoms with Crippen LogP contribution < -0.4 is 9.03 Å². The molecule has 1 aliphatic rings. The smallest absolute Gasteiger partial charge is 0.256 e. The van der Waals surface area contributed by atoms with Crippen molar-refractivity contribution in [3.05, 3.63) is 29.8 Å². The maximum Gasteiger partial charge on any atom is 0.301 e. The molecule has 1 heterocycles. The summed E-state index contributed by atoms with van der Waals surface area (Å²) in [5.74, 6) is 0. The summed E-state index contributed by atoms with van der Waals surface area (Å²) in [4.78, 5) is 0. The fourth-order valence-corrected chi connectivity index (χ4v) is 3.00. The highest BCUT2D eigenvalue weighted by Crippen LogP contribution is 2.23. The number of nitrogens with one attached hydrogen (secondary N) is 1. The molecule has 16 heavy (non-hydrogen) atoms. The van der Waals surface area contributed by atoms with Crippen LogP contribution in [0.3, 0.4) is 0 Å². The van der Waals surface area contributed by atoms with Gasteiger partial charge in [-0.1, -0.05) is 12.1 Å². The van der Waals surface area contributed by atoms with Gasteiger partial charge in [0.15, 0.2) is 0 Å². The zero-order valence-corrected chi connectivity index (χ0v) is 9.37. The van der Waals surface area contributed by atoms with Crippen molar-refractivity contribution in [2.75, 3.05) is 17.4 Å². The molecule has 0 saturated carbocycles. The predicted octanol–water partition coefficient (Wildman–Crippen LogP) is 0.603. The molecule has 0 aromatic heterocycles. The van der Waals surface area contributed by atoms with Crippen LogP contribution >= 0.6 is 0 Å². The summed E-state index contributed by atoms with van der Waals surface area (Å²) in [6.07, 6.45) is 0.735. The van der Waals surface area contributed by atoms with E-state index >= 15 is 0 Å². The Morgan fingerprint density at radius 3 is 2.81 bits per heavy atom. The maximum atomic E-state index is 11.8. The molecule has 2 rings (SSSR count). The summed E-state index contributed by atoms with van der Waals surface area (Å²) in [6.45, 7) is 0.863. The number of nitriles is 1. The molecular weight excluding hydrogens is 226 g/mol. The Balaban J connectivity index is 2.48. The van der Waals surface area contributed by atoms with E-state index in [1.165, 1.54) is 4.31 Å². The molecule has 1 N–H and O–H groups in total. The Morgan fingerprint density at radius 1 is 1.38 bits per heavy atom. The van der Waals surface area contributed by atoms with Gasteiger partial charge in [0.1, 0.15) is 6.07 Å². The lowest BCUT2D eigenvalue weighted by Gasteiger charge is -2.29. The van der Waals surface area contributed by atoms with Gasteiger partial charge in [0.25, 0.3) is 0 Å². The van der Waals surface area contributed by atoms with Crippen molar-refractivity contribution in [2.45, 2.75) is 6.42 Å². The van der Waals surface area contributed by atoms with Gasteiger partial charge in [0, 0.05) is 13.1 Å².